The van der Waals surface area contributed by atoms with E-state index in [0.717, 1.165) is 0 Å². The van der Waals surface area contributed by atoms with Gasteiger partial charge in [0.1, 0.15) is 5.82 Å². The van der Waals surface area contributed by atoms with Crippen molar-refractivity contribution in [2.75, 3.05) is 7.11 Å². The average Bonchev–Trinajstić information content (AvgIpc) is 2.04. The molecular formula is C9H12FNO2. The van der Waals surface area contributed by atoms with Gasteiger partial charge >= 0.3 is 0 Å². The fraction of sp³-hybridized carbons (Fsp3) is 0.333. The molecule has 3 nitrogen and oxygen atoms in total. The lowest BCUT2D eigenvalue weighted by Gasteiger charge is -2.12. The number of methoxy groups -OCH3 is 1. The molecule has 0 unspecified atom stereocenters. The molecule has 0 amide bonds. The molecule has 0 fully saturated rings. The summed E-state index contributed by atoms with van der Waals surface area (Å²) in [6.07, 6.45) is 0. The minimum absolute atomic E-state index is 0.0827. The van der Waals surface area contributed by atoms with E-state index in [9.17, 15) is 9.50 Å². The summed E-state index contributed by atoms with van der Waals surface area (Å²) in [7, 11) is 1.40. The maximum Gasteiger partial charge on any atom is 0.165 e. The highest BCUT2D eigenvalue weighted by Gasteiger charge is 2.16. The van der Waals surface area contributed by atoms with Gasteiger partial charge in [-0.2, -0.15) is 0 Å². The van der Waals surface area contributed by atoms with E-state index < -0.39 is 11.9 Å². The van der Waals surface area contributed by atoms with Crippen molar-refractivity contribution in [2.45, 2.75) is 13.0 Å². The standard InChI is InChI=1S/C9H12FNO2/c1-5(11)8-6(10)3-4-7(13-2)9(8)12/h3-5,12H,11H2,1-2H3/t5-/m1/s1. The molecule has 0 bridgehead atoms. The lowest BCUT2D eigenvalue weighted by Crippen LogP contribution is -2.08. The Kier molecular flexibility index (Phi) is 2.72. The number of halogens is 1. The Balaban J connectivity index is 3.30. The molecule has 0 heterocycles. The summed E-state index contributed by atoms with van der Waals surface area (Å²) in [5.41, 5.74) is 5.57. The first-order valence-corrected chi connectivity index (χ1v) is 3.89. The van der Waals surface area contributed by atoms with E-state index in [1.807, 2.05) is 0 Å². The zero-order valence-electron chi connectivity index (χ0n) is 7.54. The fourth-order valence-corrected chi connectivity index (χ4v) is 1.16. The molecule has 72 valence electrons. The first-order valence-electron chi connectivity index (χ1n) is 3.89. The fourth-order valence-electron chi connectivity index (χ4n) is 1.16. The van der Waals surface area contributed by atoms with E-state index in [-0.39, 0.29) is 17.1 Å². The van der Waals surface area contributed by atoms with Gasteiger partial charge in [-0.1, -0.05) is 0 Å². The second-order valence-corrected chi connectivity index (χ2v) is 2.80. The highest BCUT2D eigenvalue weighted by Crippen LogP contribution is 2.34. The van der Waals surface area contributed by atoms with Crippen molar-refractivity contribution in [3.8, 4) is 11.5 Å². The number of aromatic hydroxyl groups is 1. The van der Waals surface area contributed by atoms with E-state index in [1.165, 1.54) is 19.2 Å². The molecule has 1 atom stereocenters. The second kappa shape index (κ2) is 3.62. The molecule has 0 radical (unpaired) electrons. The Morgan fingerprint density at radius 2 is 2.15 bits per heavy atom. The Bertz CT molecular complexity index is 313. The molecule has 0 aliphatic heterocycles. The van der Waals surface area contributed by atoms with Gasteiger partial charge in [0, 0.05) is 11.6 Å². The largest absolute Gasteiger partial charge is 0.504 e. The molecule has 4 heteroatoms. The Hall–Kier alpha value is -1.29. The number of rotatable bonds is 2. The van der Waals surface area contributed by atoms with Gasteiger partial charge in [0.25, 0.3) is 0 Å². The SMILES string of the molecule is COc1ccc(F)c([C@@H](C)N)c1O. The Labute approximate surface area is 75.9 Å². The van der Waals surface area contributed by atoms with Crippen LogP contribution in [0.25, 0.3) is 0 Å². The zero-order chi connectivity index (χ0) is 10.0. The van der Waals surface area contributed by atoms with Crippen LogP contribution in [0.4, 0.5) is 4.39 Å². The van der Waals surface area contributed by atoms with Crippen LogP contribution in [0.2, 0.25) is 0 Å². The van der Waals surface area contributed by atoms with Crippen LogP contribution in [-0.2, 0) is 0 Å². The van der Waals surface area contributed by atoms with Crippen LogP contribution in [0, 0.1) is 5.82 Å². The van der Waals surface area contributed by atoms with Crippen molar-refractivity contribution in [3.63, 3.8) is 0 Å². The lowest BCUT2D eigenvalue weighted by atomic mass is 10.1. The molecule has 1 rings (SSSR count). The Morgan fingerprint density at radius 1 is 1.54 bits per heavy atom. The summed E-state index contributed by atoms with van der Waals surface area (Å²) in [4.78, 5) is 0. The third-order valence-electron chi connectivity index (χ3n) is 1.80. The van der Waals surface area contributed by atoms with E-state index in [4.69, 9.17) is 10.5 Å². The number of hydrogen-bond donors (Lipinski definition) is 2. The van der Waals surface area contributed by atoms with E-state index >= 15 is 0 Å². The monoisotopic (exact) mass is 185 g/mol. The molecule has 0 saturated carbocycles. The van der Waals surface area contributed by atoms with Gasteiger partial charge in [0.05, 0.1) is 7.11 Å². The zero-order valence-corrected chi connectivity index (χ0v) is 7.54. The highest BCUT2D eigenvalue weighted by molar-refractivity contribution is 5.47. The van der Waals surface area contributed by atoms with Crippen molar-refractivity contribution in [1.82, 2.24) is 0 Å². The normalized spacial score (nSPS) is 12.6. The number of benzene rings is 1. The van der Waals surface area contributed by atoms with Crippen LogP contribution < -0.4 is 10.5 Å². The smallest absolute Gasteiger partial charge is 0.165 e. The van der Waals surface area contributed by atoms with Crippen molar-refractivity contribution in [1.29, 1.82) is 0 Å². The molecular weight excluding hydrogens is 173 g/mol. The first-order chi connectivity index (χ1) is 6.07. The number of nitrogens with two attached hydrogens (primary N) is 1. The molecule has 0 saturated heterocycles. The predicted octanol–water partition coefficient (Wildman–Crippen LogP) is 1.56. The van der Waals surface area contributed by atoms with Gasteiger partial charge in [-0.15, -0.1) is 0 Å². The summed E-state index contributed by atoms with van der Waals surface area (Å²) in [5, 5.41) is 9.50. The summed E-state index contributed by atoms with van der Waals surface area (Å²) in [5.74, 6) is -0.514. The highest BCUT2D eigenvalue weighted by atomic mass is 19.1. The number of hydrogen-bond acceptors (Lipinski definition) is 3. The van der Waals surface area contributed by atoms with Crippen LogP contribution in [-0.4, -0.2) is 12.2 Å². The van der Waals surface area contributed by atoms with Gasteiger partial charge in [-0.25, -0.2) is 4.39 Å². The minimum atomic E-state index is -0.560. The third kappa shape index (κ3) is 1.72. The average molecular weight is 185 g/mol. The van der Waals surface area contributed by atoms with Crippen LogP contribution in [0.1, 0.15) is 18.5 Å². The second-order valence-electron chi connectivity index (χ2n) is 2.80. The van der Waals surface area contributed by atoms with Gasteiger partial charge in [-0.05, 0) is 19.1 Å². The summed E-state index contributed by atoms with van der Waals surface area (Å²) < 4.78 is 17.9. The van der Waals surface area contributed by atoms with Crippen molar-refractivity contribution in [3.05, 3.63) is 23.5 Å². The lowest BCUT2D eigenvalue weighted by molar-refractivity contribution is 0.365. The molecule has 0 spiro atoms. The number of phenolic OH excluding ortho intramolecular Hbond substituents is 1. The summed E-state index contributed by atoms with van der Waals surface area (Å²) >= 11 is 0. The molecule has 13 heavy (non-hydrogen) atoms. The third-order valence-corrected chi connectivity index (χ3v) is 1.80. The molecule has 0 aliphatic carbocycles. The predicted molar refractivity (Wildman–Crippen MR) is 47.2 cm³/mol. The van der Waals surface area contributed by atoms with Crippen LogP contribution in [0.3, 0.4) is 0 Å². The van der Waals surface area contributed by atoms with Gasteiger partial charge in [0.2, 0.25) is 0 Å². The number of ether oxygens (including phenoxy) is 1. The Morgan fingerprint density at radius 3 is 2.62 bits per heavy atom. The molecule has 0 aliphatic rings. The summed E-state index contributed by atoms with van der Waals surface area (Å²) in [6, 6.07) is 2.02. The maximum atomic E-state index is 13.1. The van der Waals surface area contributed by atoms with Crippen molar-refractivity contribution >= 4 is 0 Å². The van der Waals surface area contributed by atoms with E-state index in [2.05, 4.69) is 0 Å². The van der Waals surface area contributed by atoms with Gasteiger partial charge < -0.3 is 15.6 Å². The molecule has 1 aromatic rings. The number of phenols is 1. The maximum absolute atomic E-state index is 13.1. The molecule has 3 N–H and O–H groups in total. The van der Waals surface area contributed by atoms with Crippen molar-refractivity contribution < 1.29 is 14.2 Å². The quantitative estimate of drug-likeness (QED) is 0.735. The van der Waals surface area contributed by atoms with E-state index in [1.54, 1.807) is 6.92 Å². The van der Waals surface area contributed by atoms with Crippen LogP contribution >= 0.6 is 0 Å². The molecule has 1 aromatic carbocycles. The van der Waals surface area contributed by atoms with E-state index in [0.29, 0.717) is 0 Å². The minimum Gasteiger partial charge on any atom is -0.504 e. The molecule has 0 aromatic heterocycles. The van der Waals surface area contributed by atoms with Crippen molar-refractivity contribution in [2.24, 2.45) is 5.73 Å². The van der Waals surface area contributed by atoms with Gasteiger partial charge in [-0.3, -0.25) is 0 Å². The van der Waals surface area contributed by atoms with Crippen LogP contribution in [0.15, 0.2) is 12.1 Å². The summed E-state index contributed by atoms with van der Waals surface area (Å²) in [6.45, 7) is 1.59. The topological polar surface area (TPSA) is 55.5 Å². The van der Waals surface area contributed by atoms with Gasteiger partial charge in [0.15, 0.2) is 11.5 Å². The first kappa shape index (κ1) is 9.80. The van der Waals surface area contributed by atoms with Crippen LogP contribution in [0.5, 0.6) is 11.5 Å².